The average molecular weight is 339 g/mol. The SMILES string of the molecule is N/C(COc1ccccc1)=N\OCC(=O)N1CCCc2ccccc21. The predicted octanol–water partition coefficient (Wildman–Crippen LogP) is 2.33. The Morgan fingerprint density at radius 2 is 1.84 bits per heavy atom. The molecule has 25 heavy (non-hydrogen) atoms. The maximum absolute atomic E-state index is 12.4. The molecule has 1 aliphatic heterocycles. The molecule has 0 radical (unpaired) electrons. The third-order valence-corrected chi connectivity index (χ3v) is 3.91. The zero-order valence-electron chi connectivity index (χ0n) is 13.9. The fraction of sp³-hybridized carbons (Fsp3) is 0.263. The fourth-order valence-corrected chi connectivity index (χ4v) is 2.74. The Hall–Kier alpha value is -3.02. The number of carbonyl (C=O) groups excluding carboxylic acids is 1. The van der Waals surface area contributed by atoms with Gasteiger partial charge < -0.3 is 20.2 Å². The highest BCUT2D eigenvalue weighted by atomic mass is 16.6. The first kappa shape index (κ1) is 16.8. The van der Waals surface area contributed by atoms with Crippen LogP contribution in [0.25, 0.3) is 0 Å². The van der Waals surface area contributed by atoms with Gasteiger partial charge in [-0.3, -0.25) is 4.79 Å². The normalized spacial score (nSPS) is 13.9. The smallest absolute Gasteiger partial charge is 0.267 e. The lowest BCUT2D eigenvalue weighted by Crippen LogP contribution is -2.37. The van der Waals surface area contributed by atoms with Gasteiger partial charge in [-0.1, -0.05) is 41.6 Å². The van der Waals surface area contributed by atoms with E-state index in [-0.39, 0.29) is 25.0 Å². The Bertz CT molecular complexity index is 747. The van der Waals surface area contributed by atoms with E-state index in [4.69, 9.17) is 15.3 Å². The predicted molar refractivity (Wildman–Crippen MR) is 96.6 cm³/mol. The van der Waals surface area contributed by atoms with Gasteiger partial charge in [-0.15, -0.1) is 0 Å². The van der Waals surface area contributed by atoms with Gasteiger partial charge in [-0.25, -0.2) is 0 Å². The van der Waals surface area contributed by atoms with Gasteiger partial charge in [0.15, 0.2) is 12.4 Å². The van der Waals surface area contributed by atoms with E-state index in [1.807, 2.05) is 54.6 Å². The van der Waals surface area contributed by atoms with E-state index in [0.29, 0.717) is 12.3 Å². The number of amides is 1. The summed E-state index contributed by atoms with van der Waals surface area (Å²) in [6, 6.07) is 17.2. The van der Waals surface area contributed by atoms with Crippen LogP contribution in [0.1, 0.15) is 12.0 Å². The molecule has 0 bridgehead atoms. The first-order valence-corrected chi connectivity index (χ1v) is 8.24. The summed E-state index contributed by atoms with van der Waals surface area (Å²) in [7, 11) is 0. The number of para-hydroxylation sites is 2. The standard InChI is InChI=1S/C19H21N3O3/c20-18(13-24-16-9-2-1-3-10-16)21-25-14-19(23)22-12-6-8-15-7-4-5-11-17(15)22/h1-5,7,9-11H,6,8,12-14H2,(H2,20,21). The van der Waals surface area contributed by atoms with Crippen molar-refractivity contribution in [3.63, 3.8) is 0 Å². The van der Waals surface area contributed by atoms with E-state index < -0.39 is 0 Å². The average Bonchev–Trinajstić information content (AvgIpc) is 2.66. The lowest BCUT2D eigenvalue weighted by atomic mass is 10.0. The summed E-state index contributed by atoms with van der Waals surface area (Å²) in [6.45, 7) is 0.640. The van der Waals surface area contributed by atoms with Gasteiger partial charge in [0, 0.05) is 12.2 Å². The largest absolute Gasteiger partial charge is 0.486 e. The van der Waals surface area contributed by atoms with Crippen LogP contribution < -0.4 is 15.4 Å². The lowest BCUT2D eigenvalue weighted by Gasteiger charge is -2.28. The molecule has 0 aliphatic carbocycles. The Kier molecular flexibility index (Phi) is 5.51. The number of aryl methyl sites for hydroxylation is 1. The summed E-state index contributed by atoms with van der Waals surface area (Å²) < 4.78 is 5.46. The highest BCUT2D eigenvalue weighted by molar-refractivity contribution is 5.95. The Balaban J connectivity index is 1.49. The Labute approximate surface area is 146 Å². The van der Waals surface area contributed by atoms with E-state index in [0.717, 1.165) is 18.5 Å². The minimum Gasteiger partial charge on any atom is -0.486 e. The van der Waals surface area contributed by atoms with E-state index in [1.54, 1.807) is 4.90 Å². The van der Waals surface area contributed by atoms with E-state index in [1.165, 1.54) is 5.56 Å². The number of oxime groups is 1. The summed E-state index contributed by atoms with van der Waals surface area (Å²) >= 11 is 0. The van der Waals surface area contributed by atoms with Crippen molar-refractivity contribution < 1.29 is 14.4 Å². The number of hydrogen-bond donors (Lipinski definition) is 1. The molecular formula is C19H21N3O3. The second-order valence-corrected chi connectivity index (χ2v) is 5.74. The molecule has 0 aromatic heterocycles. The molecule has 6 heteroatoms. The second-order valence-electron chi connectivity index (χ2n) is 5.74. The minimum absolute atomic E-state index is 0.102. The van der Waals surface area contributed by atoms with Gasteiger partial charge in [0.25, 0.3) is 5.91 Å². The minimum atomic E-state index is -0.152. The summed E-state index contributed by atoms with van der Waals surface area (Å²) in [4.78, 5) is 19.2. The zero-order chi connectivity index (χ0) is 17.5. The number of hydrogen-bond acceptors (Lipinski definition) is 4. The van der Waals surface area contributed by atoms with Crippen molar-refractivity contribution in [2.45, 2.75) is 12.8 Å². The highest BCUT2D eigenvalue weighted by Crippen LogP contribution is 2.26. The van der Waals surface area contributed by atoms with E-state index in [9.17, 15) is 4.79 Å². The summed E-state index contributed by atoms with van der Waals surface area (Å²) in [5, 5.41) is 3.75. The van der Waals surface area contributed by atoms with Gasteiger partial charge in [0.2, 0.25) is 0 Å². The topological polar surface area (TPSA) is 77.1 Å². The molecule has 3 rings (SSSR count). The molecule has 130 valence electrons. The number of nitrogens with two attached hydrogens (primary N) is 1. The first-order chi connectivity index (χ1) is 12.2. The second kappa shape index (κ2) is 8.19. The molecule has 2 aromatic carbocycles. The van der Waals surface area contributed by atoms with Gasteiger partial charge in [0.05, 0.1) is 0 Å². The van der Waals surface area contributed by atoms with Crippen molar-refractivity contribution >= 4 is 17.4 Å². The third-order valence-electron chi connectivity index (χ3n) is 3.91. The molecule has 0 atom stereocenters. The zero-order valence-corrected chi connectivity index (χ0v) is 13.9. The number of anilines is 1. The van der Waals surface area contributed by atoms with E-state index >= 15 is 0 Å². The van der Waals surface area contributed by atoms with Crippen LogP contribution in [-0.4, -0.2) is 31.5 Å². The molecule has 1 amide bonds. The molecule has 0 spiro atoms. The van der Waals surface area contributed by atoms with Gasteiger partial charge >= 0.3 is 0 Å². The van der Waals surface area contributed by atoms with Crippen LogP contribution in [0.4, 0.5) is 5.69 Å². The van der Waals surface area contributed by atoms with Crippen LogP contribution in [0.15, 0.2) is 59.8 Å². The van der Waals surface area contributed by atoms with Gasteiger partial charge in [0.1, 0.15) is 12.4 Å². The van der Waals surface area contributed by atoms with Crippen molar-refractivity contribution in [2.24, 2.45) is 10.9 Å². The Morgan fingerprint density at radius 3 is 2.68 bits per heavy atom. The molecule has 6 nitrogen and oxygen atoms in total. The maximum Gasteiger partial charge on any atom is 0.267 e. The quantitative estimate of drug-likeness (QED) is 0.498. The number of rotatable bonds is 6. The number of nitrogens with zero attached hydrogens (tertiary/aromatic N) is 2. The monoisotopic (exact) mass is 339 g/mol. The van der Waals surface area contributed by atoms with Gasteiger partial charge in [-0.05, 0) is 36.6 Å². The van der Waals surface area contributed by atoms with E-state index in [2.05, 4.69) is 5.16 Å². The van der Waals surface area contributed by atoms with Crippen LogP contribution in [0.5, 0.6) is 5.75 Å². The van der Waals surface area contributed by atoms with Gasteiger partial charge in [-0.2, -0.15) is 0 Å². The number of fused-ring (bicyclic) bond motifs is 1. The van der Waals surface area contributed by atoms with Crippen molar-refractivity contribution in [3.05, 3.63) is 60.2 Å². The van der Waals surface area contributed by atoms with Crippen LogP contribution in [0.2, 0.25) is 0 Å². The first-order valence-electron chi connectivity index (χ1n) is 8.24. The van der Waals surface area contributed by atoms with Crippen LogP contribution in [0, 0.1) is 0 Å². The summed E-state index contributed by atoms with van der Waals surface area (Å²) in [5.74, 6) is 0.741. The number of amidine groups is 1. The molecule has 2 N–H and O–H groups in total. The number of carbonyl (C=O) groups is 1. The molecule has 0 unspecified atom stereocenters. The molecule has 0 saturated carbocycles. The molecule has 2 aromatic rings. The number of ether oxygens (including phenoxy) is 1. The van der Waals surface area contributed by atoms with Crippen LogP contribution >= 0.6 is 0 Å². The molecule has 1 aliphatic rings. The van der Waals surface area contributed by atoms with Crippen molar-refractivity contribution in [1.29, 1.82) is 0 Å². The maximum atomic E-state index is 12.4. The van der Waals surface area contributed by atoms with Crippen LogP contribution in [0.3, 0.4) is 0 Å². The summed E-state index contributed by atoms with van der Waals surface area (Å²) in [6.07, 6.45) is 1.93. The molecule has 0 saturated heterocycles. The fourth-order valence-electron chi connectivity index (χ4n) is 2.74. The van der Waals surface area contributed by atoms with Crippen molar-refractivity contribution in [2.75, 3.05) is 24.7 Å². The molecular weight excluding hydrogens is 318 g/mol. The van der Waals surface area contributed by atoms with Crippen molar-refractivity contribution in [3.8, 4) is 5.75 Å². The molecule has 1 heterocycles. The third kappa shape index (κ3) is 4.50. The summed E-state index contributed by atoms with van der Waals surface area (Å²) in [5.41, 5.74) is 7.87. The number of benzene rings is 2. The van der Waals surface area contributed by atoms with Crippen LogP contribution in [-0.2, 0) is 16.1 Å². The highest BCUT2D eigenvalue weighted by Gasteiger charge is 2.22. The van der Waals surface area contributed by atoms with Crippen molar-refractivity contribution in [1.82, 2.24) is 0 Å². The lowest BCUT2D eigenvalue weighted by molar-refractivity contribution is -0.123. The molecule has 0 fully saturated rings. The Morgan fingerprint density at radius 1 is 1.08 bits per heavy atom.